The fraction of sp³-hybridized carbons (Fsp3) is 0.667. The van der Waals surface area contributed by atoms with Crippen LogP contribution in [0, 0.1) is 0 Å². The van der Waals surface area contributed by atoms with Crippen LogP contribution in [0.15, 0.2) is 18.2 Å². The molecule has 10 heteroatoms. The van der Waals surface area contributed by atoms with Gasteiger partial charge in [0.2, 0.25) is 15.9 Å². The molecule has 188 valence electrons. The number of benzene rings is 1. The van der Waals surface area contributed by atoms with Crippen molar-refractivity contribution in [2.45, 2.75) is 82.6 Å². The second-order valence-corrected chi connectivity index (χ2v) is 11.5. The lowest BCUT2D eigenvalue weighted by Gasteiger charge is -2.42. The van der Waals surface area contributed by atoms with Crippen LogP contribution in [-0.4, -0.2) is 68.8 Å². The molecule has 1 saturated heterocycles. The number of fused-ring (bicyclic) bond motifs is 2. The summed E-state index contributed by atoms with van der Waals surface area (Å²) in [6, 6.07) is 4.79. The van der Waals surface area contributed by atoms with Crippen LogP contribution in [0.3, 0.4) is 0 Å². The molecule has 1 saturated carbocycles. The highest BCUT2D eigenvalue weighted by atomic mass is 32.2. The van der Waals surface area contributed by atoms with Crippen LogP contribution in [0.1, 0.15) is 68.6 Å². The molecule has 1 aromatic carbocycles. The van der Waals surface area contributed by atoms with E-state index >= 15 is 0 Å². The Kier molecular flexibility index (Phi) is 7.67. The molecular weight excluding hydrogens is 458 g/mol. The van der Waals surface area contributed by atoms with Crippen molar-refractivity contribution in [2.75, 3.05) is 24.1 Å². The molecule has 3 aliphatic rings. The van der Waals surface area contributed by atoms with Gasteiger partial charge in [-0.3, -0.25) is 14.3 Å². The SMILES string of the molecule is CCS(=O)(=O)Nc1ccc2c(c1)C(=O)N(C)[C@@H]1CC[C@@H](CC(=O)NC3CCCCC3)O[C@H]1CO2. The maximum Gasteiger partial charge on any atom is 0.257 e. The maximum absolute atomic E-state index is 13.3. The molecule has 0 radical (unpaired) electrons. The first-order chi connectivity index (χ1) is 16.3. The number of hydrogen-bond donors (Lipinski definition) is 2. The highest BCUT2D eigenvalue weighted by Gasteiger charge is 2.39. The number of carbonyl (C=O) groups is 2. The van der Waals surface area contributed by atoms with E-state index in [1.54, 1.807) is 31.0 Å². The van der Waals surface area contributed by atoms with Crippen LogP contribution in [0.4, 0.5) is 5.69 Å². The summed E-state index contributed by atoms with van der Waals surface area (Å²) in [5, 5.41) is 3.15. The lowest BCUT2D eigenvalue weighted by Crippen LogP contribution is -2.54. The van der Waals surface area contributed by atoms with Gasteiger partial charge in [-0.2, -0.15) is 0 Å². The third-order valence-corrected chi connectivity index (χ3v) is 8.36. The van der Waals surface area contributed by atoms with Crippen LogP contribution in [-0.2, 0) is 19.6 Å². The molecule has 4 rings (SSSR count). The van der Waals surface area contributed by atoms with E-state index in [1.165, 1.54) is 25.3 Å². The van der Waals surface area contributed by atoms with Gasteiger partial charge >= 0.3 is 0 Å². The van der Waals surface area contributed by atoms with E-state index in [2.05, 4.69) is 10.0 Å². The van der Waals surface area contributed by atoms with Crippen molar-refractivity contribution >= 4 is 27.5 Å². The van der Waals surface area contributed by atoms with Crippen LogP contribution < -0.4 is 14.8 Å². The Morgan fingerprint density at radius 2 is 1.91 bits per heavy atom. The summed E-state index contributed by atoms with van der Waals surface area (Å²) in [5.74, 6) is 0.101. The van der Waals surface area contributed by atoms with Crippen molar-refractivity contribution in [1.29, 1.82) is 0 Å². The van der Waals surface area contributed by atoms with Gasteiger partial charge in [0, 0.05) is 18.8 Å². The summed E-state index contributed by atoms with van der Waals surface area (Å²) in [4.78, 5) is 27.5. The quantitative estimate of drug-likeness (QED) is 0.630. The summed E-state index contributed by atoms with van der Waals surface area (Å²) in [7, 11) is -1.73. The van der Waals surface area contributed by atoms with E-state index < -0.39 is 10.0 Å². The molecule has 0 spiro atoms. The normalized spacial score (nSPS) is 25.9. The van der Waals surface area contributed by atoms with E-state index in [0.717, 1.165) is 12.8 Å². The molecule has 2 aliphatic heterocycles. The zero-order valence-electron chi connectivity index (χ0n) is 19.9. The van der Waals surface area contributed by atoms with Gasteiger partial charge in [-0.05, 0) is 50.8 Å². The third kappa shape index (κ3) is 5.83. The predicted octanol–water partition coefficient (Wildman–Crippen LogP) is 2.67. The first-order valence-electron chi connectivity index (χ1n) is 12.2. The Hall–Kier alpha value is -2.33. The van der Waals surface area contributed by atoms with Crippen molar-refractivity contribution in [3.63, 3.8) is 0 Å². The fourth-order valence-electron chi connectivity index (χ4n) is 5.08. The van der Waals surface area contributed by atoms with Crippen molar-refractivity contribution in [3.05, 3.63) is 23.8 Å². The molecule has 2 amide bonds. The van der Waals surface area contributed by atoms with Crippen molar-refractivity contribution < 1.29 is 27.5 Å². The highest BCUT2D eigenvalue weighted by Crippen LogP contribution is 2.32. The molecule has 34 heavy (non-hydrogen) atoms. The first-order valence-corrected chi connectivity index (χ1v) is 13.9. The van der Waals surface area contributed by atoms with E-state index in [0.29, 0.717) is 36.3 Å². The topological polar surface area (TPSA) is 114 Å². The minimum absolute atomic E-state index is 0.0268. The second kappa shape index (κ2) is 10.5. The Balaban J connectivity index is 1.42. The summed E-state index contributed by atoms with van der Waals surface area (Å²) in [5.41, 5.74) is 0.637. The van der Waals surface area contributed by atoms with Gasteiger partial charge in [-0.25, -0.2) is 8.42 Å². The highest BCUT2D eigenvalue weighted by molar-refractivity contribution is 7.92. The molecule has 9 nitrogen and oxygen atoms in total. The zero-order chi connectivity index (χ0) is 24.3. The average Bonchev–Trinajstić information content (AvgIpc) is 2.82. The molecule has 0 aromatic heterocycles. The van der Waals surface area contributed by atoms with Crippen LogP contribution in [0.5, 0.6) is 5.75 Å². The number of likely N-dealkylation sites (N-methyl/N-ethyl adjacent to an activating group) is 1. The minimum Gasteiger partial charge on any atom is -0.490 e. The number of nitrogens with zero attached hydrogens (tertiary/aromatic N) is 1. The zero-order valence-corrected chi connectivity index (χ0v) is 20.7. The monoisotopic (exact) mass is 493 g/mol. The average molecular weight is 494 g/mol. The van der Waals surface area contributed by atoms with Gasteiger partial charge in [0.15, 0.2) is 0 Å². The van der Waals surface area contributed by atoms with Gasteiger partial charge in [0.25, 0.3) is 5.91 Å². The molecule has 0 bridgehead atoms. The van der Waals surface area contributed by atoms with Gasteiger partial charge in [-0.1, -0.05) is 19.3 Å². The lowest BCUT2D eigenvalue weighted by molar-refractivity contribution is -0.134. The lowest BCUT2D eigenvalue weighted by atomic mass is 9.93. The molecule has 2 fully saturated rings. The summed E-state index contributed by atoms with van der Waals surface area (Å²) >= 11 is 0. The number of rotatable bonds is 6. The van der Waals surface area contributed by atoms with Crippen LogP contribution in [0.25, 0.3) is 0 Å². The summed E-state index contributed by atoms with van der Waals surface area (Å²) in [6.45, 7) is 1.80. The fourth-order valence-corrected chi connectivity index (χ4v) is 5.71. The van der Waals surface area contributed by atoms with Crippen molar-refractivity contribution in [3.8, 4) is 5.75 Å². The van der Waals surface area contributed by atoms with Gasteiger partial charge in [0.05, 0.1) is 29.9 Å². The number of anilines is 1. The molecule has 2 heterocycles. The molecule has 0 unspecified atom stereocenters. The Labute approximate surface area is 201 Å². The largest absolute Gasteiger partial charge is 0.490 e. The summed E-state index contributed by atoms with van der Waals surface area (Å²) < 4.78 is 38.5. The maximum atomic E-state index is 13.3. The van der Waals surface area contributed by atoms with E-state index in [-0.39, 0.29) is 48.5 Å². The Morgan fingerprint density at radius 3 is 2.65 bits per heavy atom. The number of ether oxygens (including phenoxy) is 2. The van der Waals surface area contributed by atoms with Crippen LogP contribution >= 0.6 is 0 Å². The number of amides is 2. The standard InChI is InChI=1S/C24H35N3O6S/c1-3-34(30,31)26-17-9-12-21-19(13-17)24(29)27(2)20-11-10-18(33-22(20)15-32-21)14-23(28)25-16-7-5-4-6-8-16/h9,12-13,16,18,20,22,26H,3-8,10-11,14-15H2,1-2H3,(H,25,28)/t18-,20+,22-/m0/s1. The summed E-state index contributed by atoms with van der Waals surface area (Å²) in [6.07, 6.45) is 6.81. The van der Waals surface area contributed by atoms with Crippen LogP contribution in [0.2, 0.25) is 0 Å². The third-order valence-electron chi connectivity index (χ3n) is 7.05. The molecular formula is C24H35N3O6S. The van der Waals surface area contributed by atoms with E-state index in [9.17, 15) is 18.0 Å². The molecule has 3 atom stereocenters. The number of hydrogen-bond acceptors (Lipinski definition) is 6. The van der Waals surface area contributed by atoms with Crippen molar-refractivity contribution in [1.82, 2.24) is 10.2 Å². The Bertz CT molecular complexity index is 1010. The molecule has 1 aromatic rings. The van der Waals surface area contributed by atoms with Gasteiger partial charge < -0.3 is 19.7 Å². The molecule has 2 N–H and O–H groups in total. The second-order valence-electron chi connectivity index (χ2n) is 9.49. The smallest absolute Gasteiger partial charge is 0.257 e. The number of sulfonamides is 1. The van der Waals surface area contributed by atoms with E-state index in [1.807, 2.05) is 0 Å². The van der Waals surface area contributed by atoms with Gasteiger partial charge in [-0.15, -0.1) is 0 Å². The van der Waals surface area contributed by atoms with Crippen molar-refractivity contribution in [2.24, 2.45) is 0 Å². The number of nitrogens with one attached hydrogen (secondary N) is 2. The molecule has 1 aliphatic carbocycles. The predicted molar refractivity (Wildman–Crippen MR) is 128 cm³/mol. The van der Waals surface area contributed by atoms with E-state index in [4.69, 9.17) is 9.47 Å². The van der Waals surface area contributed by atoms with Gasteiger partial charge in [0.1, 0.15) is 18.5 Å². The number of carbonyl (C=O) groups excluding carboxylic acids is 2. The minimum atomic E-state index is -3.46. The Morgan fingerprint density at radius 1 is 1.15 bits per heavy atom. The first kappa shape index (κ1) is 24.8.